The minimum Gasteiger partial charge on any atom is -0.384 e. The van der Waals surface area contributed by atoms with E-state index in [2.05, 4.69) is 35.6 Å². The van der Waals surface area contributed by atoms with Crippen LogP contribution in [0.1, 0.15) is 23.1 Å². The van der Waals surface area contributed by atoms with Gasteiger partial charge in [-0.15, -0.1) is 0 Å². The molecular weight excluding hydrogens is 286 g/mol. The molecule has 3 nitrogen and oxygen atoms in total. The summed E-state index contributed by atoms with van der Waals surface area (Å²) in [5.41, 5.74) is 2.85. The lowest BCUT2D eigenvalue weighted by atomic mass is 9.95. The zero-order valence-corrected chi connectivity index (χ0v) is 13.7. The molecule has 0 saturated carbocycles. The van der Waals surface area contributed by atoms with Gasteiger partial charge in [0.1, 0.15) is 5.60 Å². The Labute approximate surface area is 138 Å². The van der Waals surface area contributed by atoms with E-state index < -0.39 is 5.60 Å². The van der Waals surface area contributed by atoms with Crippen LogP contribution in [0.15, 0.2) is 54.6 Å². The second-order valence-electron chi connectivity index (χ2n) is 6.41. The van der Waals surface area contributed by atoms with Gasteiger partial charge in [-0.1, -0.05) is 54.6 Å². The lowest BCUT2D eigenvalue weighted by Gasteiger charge is -2.28. The Morgan fingerprint density at radius 3 is 2.65 bits per heavy atom. The Kier molecular flexibility index (Phi) is 5.11. The normalized spacial score (nSPS) is 21.1. The third kappa shape index (κ3) is 3.81. The quantitative estimate of drug-likeness (QED) is 0.826. The number of fused-ring (bicyclic) bond motifs is 1. The number of hydrogen-bond acceptors (Lipinski definition) is 3. The molecule has 0 heterocycles. The summed E-state index contributed by atoms with van der Waals surface area (Å²) >= 11 is 0. The molecule has 0 bridgehead atoms. The van der Waals surface area contributed by atoms with Gasteiger partial charge in [-0.3, -0.25) is 0 Å². The number of hydrogen-bond donors (Lipinski definition) is 2. The van der Waals surface area contributed by atoms with Gasteiger partial charge in [0, 0.05) is 19.7 Å². The van der Waals surface area contributed by atoms with Crippen LogP contribution in [0.25, 0.3) is 0 Å². The maximum absolute atomic E-state index is 11.0. The van der Waals surface area contributed by atoms with Crippen LogP contribution < -0.4 is 5.32 Å². The lowest BCUT2D eigenvalue weighted by molar-refractivity contribution is 0.0319. The number of benzene rings is 2. The molecule has 0 saturated heterocycles. The van der Waals surface area contributed by atoms with Crippen LogP contribution in [-0.2, 0) is 23.2 Å². The summed E-state index contributed by atoms with van der Waals surface area (Å²) in [6.45, 7) is 1.19. The first-order valence-electron chi connectivity index (χ1n) is 8.28. The standard InChI is InChI=1S/C20H25NO2/c1-23-14-18(13-16-7-3-2-4-8-16)21-15-20(22)12-11-17-9-5-6-10-19(17)20/h2-10,18,21-22H,11-15H2,1H3. The molecule has 2 atom stereocenters. The number of ether oxygens (including phenoxy) is 1. The van der Waals surface area contributed by atoms with E-state index in [0.717, 1.165) is 24.8 Å². The van der Waals surface area contributed by atoms with Crippen molar-refractivity contribution in [3.63, 3.8) is 0 Å². The fraction of sp³-hybridized carbons (Fsp3) is 0.400. The molecule has 3 rings (SSSR count). The molecule has 1 aliphatic carbocycles. The maximum Gasteiger partial charge on any atom is 0.103 e. The number of nitrogens with one attached hydrogen (secondary N) is 1. The SMILES string of the molecule is COCC(Cc1ccccc1)NCC1(O)CCc2ccccc21. The molecule has 2 aromatic carbocycles. The van der Waals surface area contributed by atoms with E-state index in [1.54, 1.807) is 7.11 Å². The van der Waals surface area contributed by atoms with E-state index in [4.69, 9.17) is 4.74 Å². The minimum absolute atomic E-state index is 0.194. The summed E-state index contributed by atoms with van der Waals surface area (Å²) in [7, 11) is 1.72. The van der Waals surface area contributed by atoms with E-state index in [0.29, 0.717) is 13.2 Å². The van der Waals surface area contributed by atoms with Gasteiger partial charge in [0.05, 0.1) is 6.61 Å². The number of aryl methyl sites for hydroxylation is 1. The average molecular weight is 311 g/mol. The number of aliphatic hydroxyl groups is 1. The predicted molar refractivity (Wildman–Crippen MR) is 92.5 cm³/mol. The van der Waals surface area contributed by atoms with E-state index in [1.165, 1.54) is 11.1 Å². The topological polar surface area (TPSA) is 41.5 Å². The second kappa shape index (κ2) is 7.26. The molecule has 122 valence electrons. The van der Waals surface area contributed by atoms with Crippen molar-refractivity contribution in [2.24, 2.45) is 0 Å². The van der Waals surface area contributed by atoms with Crippen molar-refractivity contribution in [1.29, 1.82) is 0 Å². The monoisotopic (exact) mass is 311 g/mol. The van der Waals surface area contributed by atoms with Crippen molar-refractivity contribution in [3.05, 3.63) is 71.3 Å². The van der Waals surface area contributed by atoms with Gasteiger partial charge in [0.25, 0.3) is 0 Å². The van der Waals surface area contributed by atoms with E-state index in [9.17, 15) is 5.11 Å². The summed E-state index contributed by atoms with van der Waals surface area (Å²) in [5.74, 6) is 0. The van der Waals surface area contributed by atoms with Gasteiger partial charge in [0.2, 0.25) is 0 Å². The molecule has 23 heavy (non-hydrogen) atoms. The Morgan fingerprint density at radius 2 is 1.87 bits per heavy atom. The Balaban J connectivity index is 1.65. The number of rotatable bonds is 7. The van der Waals surface area contributed by atoms with E-state index >= 15 is 0 Å². The summed E-state index contributed by atoms with van der Waals surface area (Å²) in [6.07, 6.45) is 2.62. The predicted octanol–water partition coefficient (Wildman–Crippen LogP) is 2.67. The van der Waals surface area contributed by atoms with Crippen LogP contribution in [-0.4, -0.2) is 31.4 Å². The molecule has 0 spiro atoms. The van der Waals surface area contributed by atoms with Gasteiger partial charge < -0.3 is 15.2 Å². The van der Waals surface area contributed by atoms with Crippen molar-refractivity contribution in [2.75, 3.05) is 20.3 Å². The molecule has 1 aliphatic rings. The molecule has 2 unspecified atom stereocenters. The van der Waals surface area contributed by atoms with Crippen LogP contribution >= 0.6 is 0 Å². The summed E-state index contributed by atoms with van der Waals surface area (Å²) in [4.78, 5) is 0. The van der Waals surface area contributed by atoms with Gasteiger partial charge in [0.15, 0.2) is 0 Å². The first-order valence-corrected chi connectivity index (χ1v) is 8.28. The molecule has 0 aliphatic heterocycles. The minimum atomic E-state index is -0.765. The molecule has 0 radical (unpaired) electrons. The first-order chi connectivity index (χ1) is 11.2. The van der Waals surface area contributed by atoms with Crippen LogP contribution in [0.3, 0.4) is 0 Å². The molecule has 0 aromatic heterocycles. The molecule has 2 aromatic rings. The van der Waals surface area contributed by atoms with Crippen molar-refractivity contribution in [3.8, 4) is 0 Å². The van der Waals surface area contributed by atoms with Crippen molar-refractivity contribution < 1.29 is 9.84 Å². The van der Waals surface area contributed by atoms with Crippen molar-refractivity contribution in [1.82, 2.24) is 5.32 Å². The van der Waals surface area contributed by atoms with E-state index in [-0.39, 0.29) is 6.04 Å². The smallest absolute Gasteiger partial charge is 0.103 e. The van der Waals surface area contributed by atoms with Gasteiger partial charge in [-0.05, 0) is 36.0 Å². The molecule has 2 N–H and O–H groups in total. The first kappa shape index (κ1) is 16.2. The van der Waals surface area contributed by atoms with Crippen molar-refractivity contribution >= 4 is 0 Å². The fourth-order valence-electron chi connectivity index (χ4n) is 3.46. The Bertz CT molecular complexity index is 629. The lowest BCUT2D eigenvalue weighted by Crippen LogP contribution is -2.44. The third-order valence-electron chi connectivity index (χ3n) is 4.70. The molecule has 3 heteroatoms. The highest BCUT2D eigenvalue weighted by molar-refractivity contribution is 5.37. The third-order valence-corrected chi connectivity index (χ3v) is 4.70. The Hall–Kier alpha value is -1.68. The van der Waals surface area contributed by atoms with Gasteiger partial charge in [-0.25, -0.2) is 0 Å². The highest BCUT2D eigenvalue weighted by Crippen LogP contribution is 2.36. The highest BCUT2D eigenvalue weighted by atomic mass is 16.5. The summed E-state index contributed by atoms with van der Waals surface area (Å²) in [5, 5.41) is 14.5. The molecular formula is C20H25NO2. The Morgan fingerprint density at radius 1 is 1.13 bits per heavy atom. The number of methoxy groups -OCH3 is 1. The highest BCUT2D eigenvalue weighted by Gasteiger charge is 2.36. The van der Waals surface area contributed by atoms with Crippen LogP contribution in [0, 0.1) is 0 Å². The summed E-state index contributed by atoms with van der Waals surface area (Å²) < 4.78 is 5.35. The summed E-state index contributed by atoms with van der Waals surface area (Å²) in [6, 6.07) is 18.8. The molecule has 0 fully saturated rings. The van der Waals surface area contributed by atoms with Crippen molar-refractivity contribution in [2.45, 2.75) is 30.9 Å². The van der Waals surface area contributed by atoms with Crippen LogP contribution in [0.2, 0.25) is 0 Å². The average Bonchev–Trinajstić information content (AvgIpc) is 2.92. The fourth-order valence-corrected chi connectivity index (χ4v) is 3.46. The van der Waals surface area contributed by atoms with Gasteiger partial charge in [-0.2, -0.15) is 0 Å². The zero-order valence-electron chi connectivity index (χ0n) is 13.7. The van der Waals surface area contributed by atoms with Crippen LogP contribution in [0.5, 0.6) is 0 Å². The largest absolute Gasteiger partial charge is 0.384 e. The van der Waals surface area contributed by atoms with Crippen LogP contribution in [0.4, 0.5) is 0 Å². The van der Waals surface area contributed by atoms with Gasteiger partial charge >= 0.3 is 0 Å². The maximum atomic E-state index is 11.0. The van der Waals surface area contributed by atoms with E-state index in [1.807, 2.05) is 24.3 Å². The zero-order chi connectivity index (χ0) is 16.1. The molecule has 0 amide bonds. The second-order valence-corrected chi connectivity index (χ2v) is 6.41.